The van der Waals surface area contributed by atoms with Gasteiger partial charge in [-0.2, -0.15) is 0 Å². The first-order chi connectivity index (χ1) is 16.4. The number of aryl methyl sites for hydroxylation is 2. The van der Waals surface area contributed by atoms with Gasteiger partial charge in [-0.3, -0.25) is 9.59 Å². The van der Waals surface area contributed by atoms with Crippen LogP contribution < -0.4 is 0 Å². The van der Waals surface area contributed by atoms with Crippen molar-refractivity contribution in [3.05, 3.63) is 94.0 Å². The van der Waals surface area contributed by atoms with Gasteiger partial charge in [0.2, 0.25) is 0 Å². The van der Waals surface area contributed by atoms with Crippen LogP contribution in [-0.4, -0.2) is 51.9 Å². The lowest BCUT2D eigenvalue weighted by Gasteiger charge is -2.40. The quantitative estimate of drug-likeness (QED) is 0.403. The zero-order valence-electron chi connectivity index (χ0n) is 19.8. The molecule has 0 bridgehead atoms. The van der Waals surface area contributed by atoms with E-state index in [-0.39, 0.29) is 17.9 Å². The summed E-state index contributed by atoms with van der Waals surface area (Å²) in [6.07, 6.45) is 0. The van der Waals surface area contributed by atoms with Gasteiger partial charge in [0.1, 0.15) is 10.5 Å². The second-order valence-corrected chi connectivity index (χ2v) is 10.1. The molecule has 2 aromatic heterocycles. The minimum atomic E-state index is -0.0487. The third-order valence-electron chi connectivity index (χ3n) is 6.79. The first-order valence-electron chi connectivity index (χ1n) is 11.7. The molecule has 5 nitrogen and oxygen atoms in total. The van der Waals surface area contributed by atoms with E-state index in [1.165, 1.54) is 11.1 Å². The summed E-state index contributed by atoms with van der Waals surface area (Å²) in [5.41, 5.74) is 4.98. The van der Waals surface area contributed by atoms with Crippen molar-refractivity contribution in [1.29, 1.82) is 0 Å². The standard InChI is InChI=1S/C28H29N3O2S/c1-19-8-10-22(11-9-19)26(32)30-14-13-29(17-21(30)3)27(33)25-16-23-12-15-34-28(23)31(25)18-24-7-5-4-6-20(24)2/h4-12,15-16,21H,13-14,17-18H2,1-3H3. The highest BCUT2D eigenvalue weighted by Gasteiger charge is 2.32. The van der Waals surface area contributed by atoms with Gasteiger partial charge in [0.15, 0.2) is 0 Å². The highest BCUT2D eigenvalue weighted by atomic mass is 32.1. The maximum absolute atomic E-state index is 13.7. The Balaban J connectivity index is 1.37. The summed E-state index contributed by atoms with van der Waals surface area (Å²) in [5.74, 6) is 0.0642. The van der Waals surface area contributed by atoms with Crippen molar-refractivity contribution in [2.45, 2.75) is 33.4 Å². The van der Waals surface area contributed by atoms with Gasteiger partial charge in [-0.1, -0.05) is 42.0 Å². The van der Waals surface area contributed by atoms with Gasteiger partial charge >= 0.3 is 0 Å². The van der Waals surface area contributed by atoms with Crippen molar-refractivity contribution in [1.82, 2.24) is 14.4 Å². The van der Waals surface area contributed by atoms with E-state index in [9.17, 15) is 9.59 Å². The zero-order chi connectivity index (χ0) is 23.8. The average Bonchev–Trinajstić information content (AvgIpc) is 3.42. The van der Waals surface area contributed by atoms with Gasteiger partial charge in [0, 0.05) is 43.2 Å². The van der Waals surface area contributed by atoms with E-state index >= 15 is 0 Å². The molecule has 6 heteroatoms. The molecule has 4 aromatic rings. The first kappa shape index (κ1) is 22.4. The van der Waals surface area contributed by atoms with Crippen molar-refractivity contribution < 1.29 is 9.59 Å². The summed E-state index contributed by atoms with van der Waals surface area (Å²) >= 11 is 1.67. The molecule has 5 rings (SSSR count). The maximum Gasteiger partial charge on any atom is 0.270 e. The van der Waals surface area contributed by atoms with E-state index in [1.807, 2.05) is 66.1 Å². The fourth-order valence-electron chi connectivity index (χ4n) is 4.73. The van der Waals surface area contributed by atoms with E-state index in [4.69, 9.17) is 0 Å². The number of benzene rings is 2. The fourth-order valence-corrected chi connectivity index (χ4v) is 5.63. The predicted octanol–water partition coefficient (Wildman–Crippen LogP) is 5.35. The van der Waals surface area contributed by atoms with Crippen molar-refractivity contribution >= 4 is 33.4 Å². The van der Waals surface area contributed by atoms with Gasteiger partial charge in [0.25, 0.3) is 11.8 Å². The number of amides is 2. The molecule has 3 heterocycles. The number of piperazine rings is 1. The molecule has 1 atom stereocenters. The van der Waals surface area contributed by atoms with Crippen LogP contribution in [0.5, 0.6) is 0 Å². The molecule has 2 aromatic carbocycles. The molecule has 1 unspecified atom stereocenters. The third kappa shape index (κ3) is 4.14. The first-order valence-corrected chi connectivity index (χ1v) is 12.6. The largest absolute Gasteiger partial charge is 0.334 e. The Morgan fingerprint density at radius 1 is 0.971 bits per heavy atom. The molecule has 0 aliphatic carbocycles. The molecular weight excluding hydrogens is 442 g/mol. The predicted molar refractivity (Wildman–Crippen MR) is 138 cm³/mol. The highest BCUT2D eigenvalue weighted by molar-refractivity contribution is 7.16. The van der Waals surface area contributed by atoms with Crippen molar-refractivity contribution in [3.8, 4) is 0 Å². The van der Waals surface area contributed by atoms with Crippen LogP contribution in [0, 0.1) is 13.8 Å². The summed E-state index contributed by atoms with van der Waals surface area (Å²) in [6, 6.07) is 20.1. The molecule has 1 fully saturated rings. The van der Waals surface area contributed by atoms with Crippen LogP contribution in [0.2, 0.25) is 0 Å². The molecule has 2 amide bonds. The van der Waals surface area contributed by atoms with Crippen LogP contribution in [0.3, 0.4) is 0 Å². The number of nitrogens with zero attached hydrogens (tertiary/aromatic N) is 3. The smallest absolute Gasteiger partial charge is 0.270 e. The van der Waals surface area contributed by atoms with Crippen molar-refractivity contribution in [2.75, 3.05) is 19.6 Å². The molecule has 1 aliphatic rings. The number of hydrogen-bond acceptors (Lipinski definition) is 3. The van der Waals surface area contributed by atoms with Gasteiger partial charge in [0.05, 0.1) is 0 Å². The lowest BCUT2D eigenvalue weighted by molar-refractivity contribution is 0.0409. The average molecular weight is 472 g/mol. The van der Waals surface area contributed by atoms with Crippen molar-refractivity contribution in [2.24, 2.45) is 0 Å². The molecule has 174 valence electrons. The second kappa shape index (κ2) is 9.11. The molecule has 1 saturated heterocycles. The molecule has 1 aliphatic heterocycles. The Kier molecular flexibility index (Phi) is 6.00. The normalized spacial score (nSPS) is 16.3. The number of thiophene rings is 1. The minimum absolute atomic E-state index is 0.0306. The van der Waals surface area contributed by atoms with Crippen molar-refractivity contribution in [3.63, 3.8) is 0 Å². The minimum Gasteiger partial charge on any atom is -0.334 e. The summed E-state index contributed by atoms with van der Waals surface area (Å²) in [4.78, 5) is 31.7. The molecule has 0 radical (unpaired) electrons. The number of hydrogen-bond donors (Lipinski definition) is 0. The number of carbonyl (C=O) groups is 2. The Morgan fingerprint density at radius 3 is 2.47 bits per heavy atom. The molecule has 0 N–H and O–H groups in total. The number of fused-ring (bicyclic) bond motifs is 1. The lowest BCUT2D eigenvalue weighted by atomic mass is 10.1. The monoisotopic (exact) mass is 471 g/mol. The number of rotatable bonds is 4. The maximum atomic E-state index is 13.7. The van der Waals surface area contributed by atoms with Gasteiger partial charge in [-0.25, -0.2) is 0 Å². The van der Waals surface area contributed by atoms with Gasteiger partial charge < -0.3 is 14.4 Å². The topological polar surface area (TPSA) is 45.6 Å². The van der Waals surface area contributed by atoms with Gasteiger partial charge in [-0.15, -0.1) is 11.3 Å². The summed E-state index contributed by atoms with van der Waals surface area (Å²) < 4.78 is 2.15. The number of carbonyl (C=O) groups excluding carboxylic acids is 2. The van der Waals surface area contributed by atoms with Gasteiger partial charge in [-0.05, 0) is 61.5 Å². The Labute approximate surface area is 204 Å². The van der Waals surface area contributed by atoms with E-state index in [1.54, 1.807) is 11.3 Å². The Morgan fingerprint density at radius 2 is 1.74 bits per heavy atom. The summed E-state index contributed by atoms with van der Waals surface area (Å²) in [7, 11) is 0. The second-order valence-electron chi connectivity index (χ2n) is 9.19. The van der Waals surface area contributed by atoms with Crippen LogP contribution in [0.15, 0.2) is 66.0 Å². The fraction of sp³-hybridized carbons (Fsp3) is 0.286. The SMILES string of the molecule is Cc1ccc(C(=O)N2CCN(C(=O)c3cc4ccsc4n3Cc3ccccc3C)CC2C)cc1. The van der Waals surface area contributed by atoms with Crippen LogP contribution in [0.25, 0.3) is 10.2 Å². The van der Waals surface area contributed by atoms with E-state index in [0.717, 1.165) is 21.5 Å². The van der Waals surface area contributed by atoms with E-state index in [0.29, 0.717) is 31.7 Å². The van der Waals surface area contributed by atoms with E-state index < -0.39 is 0 Å². The molecule has 34 heavy (non-hydrogen) atoms. The van der Waals surface area contributed by atoms with Crippen LogP contribution >= 0.6 is 11.3 Å². The molecule has 0 saturated carbocycles. The Bertz CT molecular complexity index is 1350. The van der Waals surface area contributed by atoms with Crippen LogP contribution in [-0.2, 0) is 6.54 Å². The number of aromatic nitrogens is 1. The van der Waals surface area contributed by atoms with E-state index in [2.05, 4.69) is 35.1 Å². The molecular formula is C28H29N3O2S. The van der Waals surface area contributed by atoms with Crippen LogP contribution in [0.4, 0.5) is 0 Å². The summed E-state index contributed by atoms with van der Waals surface area (Å²) in [5, 5.41) is 3.17. The third-order valence-corrected chi connectivity index (χ3v) is 7.74. The van der Waals surface area contributed by atoms with Crippen LogP contribution in [0.1, 0.15) is 44.5 Å². The Hall–Kier alpha value is -3.38. The highest BCUT2D eigenvalue weighted by Crippen LogP contribution is 2.28. The molecule has 0 spiro atoms. The zero-order valence-corrected chi connectivity index (χ0v) is 20.6. The summed E-state index contributed by atoms with van der Waals surface area (Å²) in [6.45, 7) is 8.41. The lowest BCUT2D eigenvalue weighted by Crippen LogP contribution is -2.55.